The third kappa shape index (κ3) is 2.99. The van der Waals surface area contributed by atoms with Crippen molar-refractivity contribution in [2.75, 3.05) is 6.61 Å². The summed E-state index contributed by atoms with van der Waals surface area (Å²) in [4.78, 5) is 0. The van der Waals surface area contributed by atoms with Gasteiger partial charge < -0.3 is 4.74 Å². The fourth-order valence-corrected chi connectivity index (χ4v) is 3.03. The summed E-state index contributed by atoms with van der Waals surface area (Å²) >= 11 is 0. The van der Waals surface area contributed by atoms with Crippen molar-refractivity contribution in [3.05, 3.63) is 35.2 Å². The number of ether oxygens (including phenoxy) is 1. The van der Waals surface area contributed by atoms with Crippen molar-refractivity contribution in [3.8, 4) is 5.75 Å². The Labute approximate surface area is 115 Å². The molecule has 0 atom stereocenters. The van der Waals surface area contributed by atoms with Crippen LogP contribution >= 0.6 is 0 Å². The summed E-state index contributed by atoms with van der Waals surface area (Å²) in [6.07, 6.45) is 4.74. The van der Waals surface area contributed by atoms with Gasteiger partial charge in [0, 0.05) is 11.6 Å². The Kier molecular flexibility index (Phi) is 4.62. The van der Waals surface area contributed by atoms with Gasteiger partial charge in [-0.15, -0.1) is 0 Å². The van der Waals surface area contributed by atoms with E-state index in [9.17, 15) is 4.39 Å². The van der Waals surface area contributed by atoms with Gasteiger partial charge in [-0.3, -0.25) is 0 Å². The Morgan fingerprint density at radius 2 is 1.89 bits per heavy atom. The molecular formula is C17H23FO. The summed E-state index contributed by atoms with van der Waals surface area (Å²) in [5, 5.41) is 0. The Bertz CT molecular complexity index is 470. The van der Waals surface area contributed by atoms with E-state index in [4.69, 9.17) is 4.74 Å². The number of benzene rings is 1. The van der Waals surface area contributed by atoms with Crippen LogP contribution in [0.15, 0.2) is 23.8 Å². The van der Waals surface area contributed by atoms with E-state index in [2.05, 4.69) is 20.8 Å². The number of hydrogen-bond acceptors (Lipinski definition) is 1. The molecule has 2 heteroatoms. The Balaban J connectivity index is 2.42. The molecule has 0 spiro atoms. The van der Waals surface area contributed by atoms with Crippen molar-refractivity contribution in [3.63, 3.8) is 0 Å². The summed E-state index contributed by atoms with van der Waals surface area (Å²) in [6, 6.07) is 4.92. The van der Waals surface area contributed by atoms with E-state index in [-0.39, 0.29) is 5.82 Å². The smallest absolute Gasteiger partial charge is 0.130 e. The molecule has 19 heavy (non-hydrogen) atoms. The van der Waals surface area contributed by atoms with Crippen LogP contribution < -0.4 is 4.74 Å². The highest BCUT2D eigenvalue weighted by atomic mass is 19.1. The van der Waals surface area contributed by atoms with Crippen molar-refractivity contribution in [1.29, 1.82) is 0 Å². The Morgan fingerprint density at radius 3 is 2.53 bits per heavy atom. The first-order valence-corrected chi connectivity index (χ1v) is 7.29. The molecule has 0 radical (unpaired) electrons. The highest BCUT2D eigenvalue weighted by Crippen LogP contribution is 2.41. The van der Waals surface area contributed by atoms with Crippen LogP contribution in [0.2, 0.25) is 0 Å². The lowest BCUT2D eigenvalue weighted by molar-refractivity contribution is 0.340. The van der Waals surface area contributed by atoms with Crippen LogP contribution in [0.3, 0.4) is 0 Å². The average molecular weight is 262 g/mol. The minimum absolute atomic E-state index is 0.222. The first kappa shape index (κ1) is 14.1. The van der Waals surface area contributed by atoms with Crippen LogP contribution in [0.4, 0.5) is 4.39 Å². The monoisotopic (exact) mass is 262 g/mol. The van der Waals surface area contributed by atoms with Gasteiger partial charge in [-0.2, -0.15) is 0 Å². The highest BCUT2D eigenvalue weighted by Gasteiger charge is 2.24. The molecule has 0 amide bonds. The number of fused-ring (bicyclic) bond motifs is 1. The van der Waals surface area contributed by atoms with Crippen molar-refractivity contribution in [2.24, 2.45) is 5.92 Å². The van der Waals surface area contributed by atoms with Crippen LogP contribution in [0.25, 0.3) is 5.57 Å². The van der Waals surface area contributed by atoms with Gasteiger partial charge in [0.25, 0.3) is 0 Å². The topological polar surface area (TPSA) is 9.23 Å². The van der Waals surface area contributed by atoms with Gasteiger partial charge in [0.05, 0.1) is 0 Å². The molecule has 1 aliphatic rings. The zero-order valence-electron chi connectivity index (χ0n) is 12.1. The maximum Gasteiger partial charge on any atom is 0.130 e. The molecule has 0 unspecified atom stereocenters. The van der Waals surface area contributed by atoms with E-state index in [1.807, 2.05) is 6.07 Å². The molecule has 2 rings (SSSR count). The molecule has 1 heterocycles. The first-order chi connectivity index (χ1) is 9.17. The van der Waals surface area contributed by atoms with Crippen LogP contribution in [0.1, 0.15) is 52.0 Å². The fraction of sp³-hybridized carbons (Fsp3) is 0.529. The number of allylic oxidation sites excluding steroid dienone is 1. The molecule has 0 saturated carbocycles. The van der Waals surface area contributed by atoms with Gasteiger partial charge in [0.1, 0.15) is 18.2 Å². The largest absolute Gasteiger partial charge is 0.488 e. The molecule has 1 aliphatic heterocycles. The second kappa shape index (κ2) is 6.23. The van der Waals surface area contributed by atoms with Crippen LogP contribution in [0, 0.1) is 11.7 Å². The average Bonchev–Trinajstić information content (AvgIpc) is 2.39. The predicted octanol–water partition coefficient (Wildman–Crippen LogP) is 5.21. The summed E-state index contributed by atoms with van der Waals surface area (Å²) < 4.78 is 19.0. The quantitative estimate of drug-likeness (QED) is 0.708. The lowest BCUT2D eigenvalue weighted by atomic mass is 9.82. The van der Waals surface area contributed by atoms with Crippen LogP contribution in [-0.2, 0) is 0 Å². The third-order valence-electron chi connectivity index (χ3n) is 3.82. The first-order valence-electron chi connectivity index (χ1n) is 7.29. The van der Waals surface area contributed by atoms with Gasteiger partial charge in [0.15, 0.2) is 0 Å². The molecule has 0 bridgehead atoms. The van der Waals surface area contributed by atoms with Crippen LogP contribution in [0.5, 0.6) is 5.75 Å². The summed E-state index contributed by atoms with van der Waals surface area (Å²) in [7, 11) is 0. The van der Waals surface area contributed by atoms with Crippen molar-refractivity contribution >= 4 is 5.57 Å². The molecule has 1 aromatic carbocycles. The maximum atomic E-state index is 13.3. The molecule has 0 aromatic heterocycles. The molecule has 104 valence electrons. The predicted molar refractivity (Wildman–Crippen MR) is 77.8 cm³/mol. The van der Waals surface area contributed by atoms with Gasteiger partial charge in [-0.05, 0) is 49.0 Å². The Morgan fingerprint density at radius 1 is 1.21 bits per heavy atom. The third-order valence-corrected chi connectivity index (χ3v) is 3.82. The Hall–Kier alpha value is -1.31. The van der Waals surface area contributed by atoms with Gasteiger partial charge in [-0.1, -0.05) is 26.7 Å². The molecule has 0 saturated heterocycles. The normalized spacial score (nSPS) is 14.6. The van der Waals surface area contributed by atoms with Gasteiger partial charge in [-0.25, -0.2) is 4.39 Å². The standard InChI is InChI=1S/C17H23FO/c1-4-6-13(7-5-2)17-12(3)11-19-16-10-14(18)8-9-15(16)17/h8-10,13H,4-7,11H2,1-3H3. The van der Waals surface area contributed by atoms with E-state index in [0.29, 0.717) is 18.3 Å². The highest BCUT2D eigenvalue weighted by molar-refractivity contribution is 5.76. The number of halogens is 1. The molecule has 0 N–H and O–H groups in total. The van der Waals surface area contributed by atoms with E-state index in [0.717, 1.165) is 5.56 Å². The van der Waals surface area contributed by atoms with E-state index < -0.39 is 0 Å². The lowest BCUT2D eigenvalue weighted by Crippen LogP contribution is -2.15. The summed E-state index contributed by atoms with van der Waals surface area (Å²) in [5.41, 5.74) is 3.79. The van der Waals surface area contributed by atoms with Crippen LogP contribution in [-0.4, -0.2) is 6.61 Å². The number of rotatable bonds is 5. The van der Waals surface area contributed by atoms with Crippen molar-refractivity contribution < 1.29 is 9.13 Å². The number of hydrogen-bond donors (Lipinski definition) is 0. The van der Waals surface area contributed by atoms with Gasteiger partial charge in [0.2, 0.25) is 0 Å². The van der Waals surface area contributed by atoms with Crippen molar-refractivity contribution in [2.45, 2.75) is 46.5 Å². The zero-order valence-corrected chi connectivity index (χ0v) is 12.1. The second-order valence-electron chi connectivity index (χ2n) is 5.40. The zero-order chi connectivity index (χ0) is 13.8. The van der Waals surface area contributed by atoms with Gasteiger partial charge >= 0.3 is 0 Å². The SMILES string of the molecule is CCCC(CCC)C1=C(C)COc2cc(F)ccc21. The minimum atomic E-state index is -0.222. The van der Waals surface area contributed by atoms with E-state index >= 15 is 0 Å². The fourth-order valence-electron chi connectivity index (χ4n) is 3.03. The lowest BCUT2D eigenvalue weighted by Gasteiger charge is -2.28. The summed E-state index contributed by atoms with van der Waals surface area (Å²) in [5.74, 6) is 1.06. The summed E-state index contributed by atoms with van der Waals surface area (Å²) in [6.45, 7) is 7.18. The molecule has 1 aromatic rings. The van der Waals surface area contributed by atoms with E-state index in [1.165, 1.54) is 49.0 Å². The second-order valence-corrected chi connectivity index (χ2v) is 5.40. The molecule has 0 aliphatic carbocycles. The minimum Gasteiger partial charge on any atom is -0.488 e. The molecular weight excluding hydrogens is 239 g/mol. The molecule has 1 nitrogen and oxygen atoms in total. The van der Waals surface area contributed by atoms with E-state index in [1.54, 1.807) is 0 Å². The molecule has 0 fully saturated rings. The maximum absolute atomic E-state index is 13.3. The van der Waals surface area contributed by atoms with Crippen molar-refractivity contribution in [1.82, 2.24) is 0 Å².